The fraction of sp³-hybridized carbons (Fsp3) is 0.500. The molecule has 1 aromatic rings. The lowest BCUT2D eigenvalue weighted by Crippen LogP contribution is -2.37. The molecule has 5 heteroatoms. The van der Waals surface area contributed by atoms with Crippen LogP contribution in [0.15, 0.2) is 18.2 Å². The van der Waals surface area contributed by atoms with Crippen molar-refractivity contribution in [3.8, 4) is 0 Å². The number of alkyl halides is 3. The van der Waals surface area contributed by atoms with Crippen LogP contribution in [0.4, 0.5) is 18.9 Å². The Labute approximate surface area is 97.8 Å². The van der Waals surface area contributed by atoms with Crippen molar-refractivity contribution in [2.24, 2.45) is 0 Å². The Balaban J connectivity index is 2.28. The molecule has 0 bridgehead atoms. The summed E-state index contributed by atoms with van der Waals surface area (Å²) in [6, 6.07) is 3.82. The van der Waals surface area contributed by atoms with E-state index in [1.807, 2.05) is 6.92 Å². The number of anilines is 1. The average Bonchev–Trinajstić information content (AvgIpc) is 2.51. The molecule has 0 spiro atoms. The molecule has 0 radical (unpaired) electrons. The van der Waals surface area contributed by atoms with Crippen LogP contribution in [0.3, 0.4) is 0 Å². The maximum atomic E-state index is 12.5. The maximum absolute atomic E-state index is 12.5. The van der Waals surface area contributed by atoms with Gasteiger partial charge in [-0.2, -0.15) is 13.2 Å². The van der Waals surface area contributed by atoms with Gasteiger partial charge in [-0.25, -0.2) is 0 Å². The van der Waals surface area contributed by atoms with Gasteiger partial charge in [0.05, 0.1) is 17.7 Å². The highest BCUT2D eigenvalue weighted by Crippen LogP contribution is 2.37. The highest BCUT2D eigenvalue weighted by atomic mass is 19.4. The summed E-state index contributed by atoms with van der Waals surface area (Å²) in [6.45, 7) is 2.40. The number of rotatable bonds is 2. The van der Waals surface area contributed by atoms with E-state index in [2.05, 4.69) is 5.32 Å². The third-order valence-electron chi connectivity index (χ3n) is 2.92. The smallest absolute Gasteiger partial charge is 0.382 e. The molecule has 1 aliphatic rings. The van der Waals surface area contributed by atoms with E-state index in [0.29, 0.717) is 18.7 Å². The minimum atomic E-state index is -4.29. The first-order valence-electron chi connectivity index (χ1n) is 5.31. The Kier molecular flexibility index (Phi) is 2.81. The van der Waals surface area contributed by atoms with E-state index in [1.165, 1.54) is 6.07 Å². The van der Waals surface area contributed by atoms with E-state index in [4.69, 9.17) is 4.74 Å². The molecule has 1 aliphatic heterocycles. The third-order valence-corrected chi connectivity index (χ3v) is 2.92. The molecule has 1 heterocycles. The molecule has 0 saturated heterocycles. The van der Waals surface area contributed by atoms with Crippen LogP contribution in [0.2, 0.25) is 0 Å². The molecular formula is C12H14F3NO. The SMILES string of the molecule is COCC1(C)Cc2ccc(C(F)(F)F)cc2N1. The zero-order valence-electron chi connectivity index (χ0n) is 9.69. The topological polar surface area (TPSA) is 21.3 Å². The van der Waals surface area contributed by atoms with E-state index >= 15 is 0 Å². The van der Waals surface area contributed by atoms with E-state index in [0.717, 1.165) is 17.7 Å². The van der Waals surface area contributed by atoms with Gasteiger partial charge in [0.15, 0.2) is 0 Å². The Bertz CT molecular complexity index is 430. The number of nitrogens with one attached hydrogen (secondary N) is 1. The lowest BCUT2D eigenvalue weighted by Gasteiger charge is -2.23. The molecule has 1 N–H and O–H groups in total. The Morgan fingerprint density at radius 1 is 1.41 bits per heavy atom. The van der Waals surface area contributed by atoms with Crippen LogP contribution in [0.1, 0.15) is 18.1 Å². The van der Waals surface area contributed by atoms with Gasteiger partial charge in [0.2, 0.25) is 0 Å². The zero-order chi connectivity index (χ0) is 12.7. The number of hydrogen-bond donors (Lipinski definition) is 1. The van der Waals surface area contributed by atoms with Crippen molar-refractivity contribution in [2.75, 3.05) is 19.0 Å². The highest BCUT2D eigenvalue weighted by molar-refractivity contribution is 5.60. The number of benzene rings is 1. The molecule has 94 valence electrons. The van der Waals surface area contributed by atoms with Crippen molar-refractivity contribution in [2.45, 2.75) is 25.1 Å². The van der Waals surface area contributed by atoms with Crippen LogP contribution in [0.5, 0.6) is 0 Å². The summed E-state index contributed by atoms with van der Waals surface area (Å²) in [5, 5.41) is 3.10. The first kappa shape index (κ1) is 12.2. The minimum Gasteiger partial charge on any atom is -0.382 e. The second-order valence-corrected chi connectivity index (χ2v) is 4.67. The molecule has 0 saturated carbocycles. The number of hydrogen-bond acceptors (Lipinski definition) is 2. The van der Waals surface area contributed by atoms with E-state index < -0.39 is 11.7 Å². The van der Waals surface area contributed by atoms with Crippen LogP contribution in [-0.4, -0.2) is 19.3 Å². The second-order valence-electron chi connectivity index (χ2n) is 4.67. The van der Waals surface area contributed by atoms with Gasteiger partial charge in [-0.1, -0.05) is 6.07 Å². The van der Waals surface area contributed by atoms with E-state index in [1.54, 1.807) is 7.11 Å². The van der Waals surface area contributed by atoms with Crippen LogP contribution >= 0.6 is 0 Å². The summed E-state index contributed by atoms with van der Waals surface area (Å²) in [4.78, 5) is 0. The fourth-order valence-corrected chi connectivity index (χ4v) is 2.22. The quantitative estimate of drug-likeness (QED) is 0.864. The van der Waals surface area contributed by atoms with Gasteiger partial charge >= 0.3 is 6.18 Å². The lowest BCUT2D eigenvalue weighted by atomic mass is 9.98. The number of halogens is 3. The summed E-state index contributed by atoms with van der Waals surface area (Å²) >= 11 is 0. The molecule has 1 unspecified atom stereocenters. The van der Waals surface area contributed by atoms with Crippen LogP contribution in [0, 0.1) is 0 Å². The number of fused-ring (bicyclic) bond motifs is 1. The van der Waals surface area contributed by atoms with Crippen LogP contribution < -0.4 is 5.32 Å². The van der Waals surface area contributed by atoms with Crippen molar-refractivity contribution in [3.63, 3.8) is 0 Å². The molecule has 0 fully saturated rings. The largest absolute Gasteiger partial charge is 0.416 e. The molecule has 17 heavy (non-hydrogen) atoms. The predicted molar refractivity (Wildman–Crippen MR) is 59.1 cm³/mol. The summed E-state index contributed by atoms with van der Waals surface area (Å²) in [5.41, 5.74) is 0.517. The van der Waals surface area contributed by atoms with Gasteiger partial charge in [0, 0.05) is 12.8 Å². The van der Waals surface area contributed by atoms with Gasteiger partial charge in [0.25, 0.3) is 0 Å². The van der Waals surface area contributed by atoms with Gasteiger partial charge in [-0.15, -0.1) is 0 Å². The zero-order valence-corrected chi connectivity index (χ0v) is 9.69. The second kappa shape index (κ2) is 3.91. The van der Waals surface area contributed by atoms with Crippen molar-refractivity contribution in [1.29, 1.82) is 0 Å². The standard InChI is InChI=1S/C12H14F3NO/c1-11(7-17-2)6-8-3-4-9(12(13,14)15)5-10(8)16-11/h3-5,16H,6-7H2,1-2H3. The molecule has 2 rings (SSSR count). The Morgan fingerprint density at radius 2 is 2.12 bits per heavy atom. The molecule has 0 aliphatic carbocycles. The summed E-state index contributed by atoms with van der Waals surface area (Å²) in [7, 11) is 1.58. The molecule has 1 aromatic carbocycles. The molecule has 0 amide bonds. The summed E-state index contributed by atoms with van der Waals surface area (Å²) < 4.78 is 42.7. The van der Waals surface area contributed by atoms with Gasteiger partial charge in [-0.05, 0) is 31.0 Å². The van der Waals surface area contributed by atoms with Crippen molar-refractivity contribution in [1.82, 2.24) is 0 Å². The normalized spacial score (nSPS) is 23.4. The monoisotopic (exact) mass is 245 g/mol. The number of ether oxygens (including phenoxy) is 1. The number of methoxy groups -OCH3 is 1. The molecule has 1 atom stereocenters. The minimum absolute atomic E-state index is 0.318. The van der Waals surface area contributed by atoms with Crippen molar-refractivity contribution >= 4 is 5.69 Å². The Hall–Kier alpha value is -1.23. The molecular weight excluding hydrogens is 231 g/mol. The van der Waals surface area contributed by atoms with Gasteiger partial charge < -0.3 is 10.1 Å². The predicted octanol–water partition coefficient (Wildman–Crippen LogP) is 3.08. The fourth-order valence-electron chi connectivity index (χ4n) is 2.22. The van der Waals surface area contributed by atoms with Crippen molar-refractivity contribution in [3.05, 3.63) is 29.3 Å². The van der Waals surface area contributed by atoms with Crippen LogP contribution in [0.25, 0.3) is 0 Å². The first-order valence-corrected chi connectivity index (χ1v) is 5.31. The molecule has 0 aromatic heterocycles. The highest BCUT2D eigenvalue weighted by Gasteiger charge is 2.36. The average molecular weight is 245 g/mol. The van der Waals surface area contributed by atoms with E-state index in [-0.39, 0.29) is 5.54 Å². The van der Waals surface area contributed by atoms with Gasteiger partial charge in [-0.3, -0.25) is 0 Å². The lowest BCUT2D eigenvalue weighted by molar-refractivity contribution is -0.137. The first-order chi connectivity index (χ1) is 7.84. The Morgan fingerprint density at radius 3 is 2.71 bits per heavy atom. The maximum Gasteiger partial charge on any atom is 0.416 e. The third kappa shape index (κ3) is 2.39. The van der Waals surface area contributed by atoms with Crippen molar-refractivity contribution < 1.29 is 17.9 Å². The van der Waals surface area contributed by atoms with Gasteiger partial charge in [0.1, 0.15) is 0 Å². The summed E-state index contributed by atoms with van der Waals surface area (Å²) in [5.74, 6) is 0. The van der Waals surface area contributed by atoms with Crippen LogP contribution in [-0.2, 0) is 17.3 Å². The van der Waals surface area contributed by atoms with E-state index in [9.17, 15) is 13.2 Å². The molecule has 2 nitrogen and oxygen atoms in total. The summed E-state index contributed by atoms with van der Waals surface area (Å²) in [6.07, 6.45) is -3.62.